The fourth-order valence-corrected chi connectivity index (χ4v) is 3.27. The molecular formula is C13H15N3S. The topological polar surface area (TPSA) is 29.9 Å². The van der Waals surface area contributed by atoms with Crippen molar-refractivity contribution in [2.45, 2.75) is 11.8 Å². The highest BCUT2D eigenvalue weighted by molar-refractivity contribution is 7.98. The van der Waals surface area contributed by atoms with Crippen LogP contribution in [0, 0.1) is 0 Å². The molecule has 4 heteroatoms. The first-order valence-electron chi connectivity index (χ1n) is 5.74. The van der Waals surface area contributed by atoms with Crippen LogP contribution in [0.4, 0.5) is 5.82 Å². The summed E-state index contributed by atoms with van der Waals surface area (Å²) in [5, 5.41) is 7.88. The van der Waals surface area contributed by atoms with Gasteiger partial charge in [0.25, 0.3) is 0 Å². The van der Waals surface area contributed by atoms with Crippen molar-refractivity contribution in [1.82, 2.24) is 9.78 Å². The average Bonchev–Trinajstić information content (AvgIpc) is 2.75. The molecule has 88 valence electrons. The molecule has 3 rings (SSSR count). The highest BCUT2D eigenvalue weighted by Gasteiger charge is 2.20. The lowest BCUT2D eigenvalue weighted by molar-refractivity contribution is 0.759. The lowest BCUT2D eigenvalue weighted by Gasteiger charge is -2.25. The summed E-state index contributed by atoms with van der Waals surface area (Å²) in [6.45, 7) is 0. The second-order valence-corrected chi connectivity index (χ2v) is 5.32. The molecule has 1 aliphatic rings. The molecule has 1 aliphatic heterocycles. The fraction of sp³-hybridized carbons (Fsp3) is 0.308. The molecule has 1 unspecified atom stereocenters. The van der Waals surface area contributed by atoms with Gasteiger partial charge in [0.05, 0.1) is 6.04 Å². The van der Waals surface area contributed by atoms with Crippen LogP contribution in [0.5, 0.6) is 0 Å². The number of nitrogens with zero attached hydrogens (tertiary/aromatic N) is 2. The second-order valence-electron chi connectivity index (χ2n) is 4.29. The van der Waals surface area contributed by atoms with Gasteiger partial charge in [-0.2, -0.15) is 16.9 Å². The first-order valence-corrected chi connectivity index (χ1v) is 6.90. The lowest BCUT2D eigenvalue weighted by atomic mass is 10.0. The monoisotopic (exact) mass is 245 g/mol. The van der Waals surface area contributed by atoms with Gasteiger partial charge in [-0.3, -0.25) is 4.68 Å². The molecule has 3 nitrogen and oxygen atoms in total. The van der Waals surface area contributed by atoms with Crippen molar-refractivity contribution < 1.29 is 0 Å². The number of benzene rings is 1. The SMILES string of the molecule is Cn1ccc(NC2CSCc3ccccc32)n1. The van der Waals surface area contributed by atoms with Crippen LogP contribution in [-0.4, -0.2) is 15.5 Å². The van der Waals surface area contributed by atoms with Crippen LogP contribution in [-0.2, 0) is 12.8 Å². The van der Waals surface area contributed by atoms with Gasteiger partial charge in [0.2, 0.25) is 0 Å². The summed E-state index contributed by atoms with van der Waals surface area (Å²) in [7, 11) is 1.94. The van der Waals surface area contributed by atoms with Crippen molar-refractivity contribution in [3.05, 3.63) is 47.7 Å². The summed E-state index contributed by atoms with van der Waals surface area (Å²) in [6, 6.07) is 11.1. The van der Waals surface area contributed by atoms with Crippen LogP contribution in [0.25, 0.3) is 0 Å². The Labute approximate surface area is 105 Å². The fourth-order valence-electron chi connectivity index (χ4n) is 2.17. The zero-order valence-electron chi connectivity index (χ0n) is 9.76. The first-order chi connectivity index (χ1) is 8.33. The number of thioether (sulfide) groups is 1. The number of fused-ring (bicyclic) bond motifs is 1. The molecular weight excluding hydrogens is 230 g/mol. The molecule has 0 bridgehead atoms. The van der Waals surface area contributed by atoms with Crippen LogP contribution < -0.4 is 5.32 Å². The summed E-state index contributed by atoms with van der Waals surface area (Å²) in [5.41, 5.74) is 2.86. The number of anilines is 1. The van der Waals surface area contributed by atoms with Gasteiger partial charge in [-0.1, -0.05) is 24.3 Å². The number of hydrogen-bond donors (Lipinski definition) is 1. The van der Waals surface area contributed by atoms with Gasteiger partial charge in [-0.25, -0.2) is 0 Å². The number of hydrogen-bond acceptors (Lipinski definition) is 3. The van der Waals surface area contributed by atoms with Crippen LogP contribution in [0.2, 0.25) is 0 Å². The van der Waals surface area contributed by atoms with Gasteiger partial charge in [0.1, 0.15) is 5.82 Å². The van der Waals surface area contributed by atoms with Crippen LogP contribution in [0.3, 0.4) is 0 Å². The second kappa shape index (κ2) is 4.45. The van der Waals surface area contributed by atoms with Crippen molar-refractivity contribution in [2.75, 3.05) is 11.1 Å². The maximum Gasteiger partial charge on any atom is 0.148 e. The number of nitrogens with one attached hydrogen (secondary N) is 1. The minimum atomic E-state index is 0.375. The maximum atomic E-state index is 4.37. The minimum absolute atomic E-state index is 0.375. The maximum absolute atomic E-state index is 4.37. The molecule has 0 fully saturated rings. The molecule has 0 saturated carbocycles. The predicted octanol–water partition coefficient (Wildman–Crippen LogP) is 2.82. The molecule has 0 amide bonds. The summed E-state index contributed by atoms with van der Waals surface area (Å²) < 4.78 is 1.82. The van der Waals surface area contributed by atoms with Crippen molar-refractivity contribution in [1.29, 1.82) is 0 Å². The van der Waals surface area contributed by atoms with E-state index in [1.807, 2.05) is 35.8 Å². The van der Waals surface area contributed by atoms with Gasteiger partial charge < -0.3 is 5.32 Å². The Balaban J connectivity index is 1.85. The van der Waals surface area contributed by atoms with Gasteiger partial charge in [0, 0.05) is 30.8 Å². The summed E-state index contributed by atoms with van der Waals surface area (Å²) in [5.74, 6) is 3.18. The molecule has 0 aliphatic carbocycles. The Bertz CT molecular complexity index is 521. The largest absolute Gasteiger partial charge is 0.361 e. The Kier molecular flexibility index (Phi) is 2.81. The first kappa shape index (κ1) is 10.7. The summed E-state index contributed by atoms with van der Waals surface area (Å²) in [4.78, 5) is 0. The molecule has 1 atom stereocenters. The normalized spacial score (nSPS) is 18.8. The molecule has 2 heterocycles. The van der Waals surface area contributed by atoms with E-state index in [9.17, 15) is 0 Å². The van der Waals surface area contributed by atoms with E-state index in [0.29, 0.717) is 6.04 Å². The van der Waals surface area contributed by atoms with Gasteiger partial charge in [-0.05, 0) is 11.1 Å². The zero-order chi connectivity index (χ0) is 11.7. The molecule has 17 heavy (non-hydrogen) atoms. The van der Waals surface area contributed by atoms with E-state index in [0.717, 1.165) is 17.3 Å². The Hall–Kier alpha value is -1.42. The van der Waals surface area contributed by atoms with Crippen molar-refractivity contribution in [3.8, 4) is 0 Å². The quantitative estimate of drug-likeness (QED) is 0.882. The van der Waals surface area contributed by atoms with E-state index in [4.69, 9.17) is 0 Å². The summed E-state index contributed by atoms with van der Waals surface area (Å²) >= 11 is 1.97. The third kappa shape index (κ3) is 2.17. The van der Waals surface area contributed by atoms with E-state index < -0.39 is 0 Å². The smallest absolute Gasteiger partial charge is 0.148 e. The molecule has 0 spiro atoms. The van der Waals surface area contributed by atoms with Crippen molar-refractivity contribution in [3.63, 3.8) is 0 Å². The molecule has 1 N–H and O–H groups in total. The number of aromatic nitrogens is 2. The van der Waals surface area contributed by atoms with Crippen molar-refractivity contribution >= 4 is 17.6 Å². The Morgan fingerprint density at radius 2 is 2.24 bits per heavy atom. The third-order valence-electron chi connectivity index (χ3n) is 3.01. The van der Waals surface area contributed by atoms with Crippen LogP contribution in [0.15, 0.2) is 36.5 Å². The molecule has 1 aromatic heterocycles. The molecule has 0 saturated heterocycles. The van der Waals surface area contributed by atoms with Crippen LogP contribution in [0.1, 0.15) is 17.2 Å². The highest BCUT2D eigenvalue weighted by atomic mass is 32.2. The molecule has 0 radical (unpaired) electrons. The predicted molar refractivity (Wildman–Crippen MR) is 72.2 cm³/mol. The number of rotatable bonds is 2. The van der Waals surface area contributed by atoms with E-state index >= 15 is 0 Å². The molecule has 1 aromatic carbocycles. The Morgan fingerprint density at radius 1 is 1.35 bits per heavy atom. The third-order valence-corrected chi connectivity index (χ3v) is 4.09. The standard InChI is InChI=1S/C13H15N3S/c1-16-7-6-13(15-16)14-12-9-17-8-10-4-2-3-5-11(10)12/h2-7,12H,8-9H2,1H3,(H,14,15). The summed E-state index contributed by atoms with van der Waals surface area (Å²) in [6.07, 6.45) is 1.96. The number of aryl methyl sites for hydroxylation is 1. The van der Waals surface area contributed by atoms with Gasteiger partial charge >= 0.3 is 0 Å². The van der Waals surface area contributed by atoms with Crippen molar-refractivity contribution in [2.24, 2.45) is 7.05 Å². The van der Waals surface area contributed by atoms with E-state index in [2.05, 4.69) is 34.7 Å². The molecule has 2 aromatic rings. The van der Waals surface area contributed by atoms with Crippen LogP contribution >= 0.6 is 11.8 Å². The Morgan fingerprint density at radius 3 is 3.06 bits per heavy atom. The lowest BCUT2D eigenvalue weighted by Crippen LogP contribution is -2.19. The van der Waals surface area contributed by atoms with E-state index in [-0.39, 0.29) is 0 Å². The van der Waals surface area contributed by atoms with E-state index in [1.54, 1.807) is 0 Å². The average molecular weight is 245 g/mol. The highest BCUT2D eigenvalue weighted by Crippen LogP contribution is 2.33. The van der Waals surface area contributed by atoms with E-state index in [1.165, 1.54) is 11.1 Å². The van der Waals surface area contributed by atoms with Gasteiger partial charge in [-0.15, -0.1) is 0 Å². The van der Waals surface area contributed by atoms with Gasteiger partial charge in [0.15, 0.2) is 0 Å². The zero-order valence-corrected chi connectivity index (χ0v) is 10.6. The minimum Gasteiger partial charge on any atom is -0.361 e.